The lowest BCUT2D eigenvalue weighted by molar-refractivity contribution is 0.243. The normalized spacial score (nSPS) is 16.5. The second-order valence-electron chi connectivity index (χ2n) is 5.63. The van der Waals surface area contributed by atoms with Gasteiger partial charge >= 0.3 is 0 Å². The summed E-state index contributed by atoms with van der Waals surface area (Å²) in [4.78, 5) is 9.22. The Kier molecular flexibility index (Phi) is 3.51. The first-order chi connectivity index (χ1) is 10.8. The molecule has 1 aliphatic rings. The van der Waals surface area contributed by atoms with Crippen LogP contribution in [0.5, 0.6) is 0 Å². The van der Waals surface area contributed by atoms with E-state index in [1.54, 1.807) is 0 Å². The highest BCUT2D eigenvalue weighted by molar-refractivity contribution is 7.03. The van der Waals surface area contributed by atoms with E-state index < -0.39 is 0 Å². The zero-order chi connectivity index (χ0) is 14.9. The number of aryl methyl sites for hydroxylation is 1. The first kappa shape index (κ1) is 13.7. The summed E-state index contributed by atoms with van der Waals surface area (Å²) in [5.41, 5.74) is 4.05. The third-order valence-corrected chi connectivity index (χ3v) is 4.52. The Morgan fingerprint density at radius 3 is 2.86 bits per heavy atom. The molecule has 0 saturated carbocycles. The van der Waals surface area contributed by atoms with Gasteiger partial charge in [0.2, 0.25) is 0 Å². The molecule has 1 aliphatic heterocycles. The van der Waals surface area contributed by atoms with Gasteiger partial charge in [-0.15, -0.1) is 5.10 Å². The van der Waals surface area contributed by atoms with E-state index in [1.165, 1.54) is 17.1 Å². The summed E-state index contributed by atoms with van der Waals surface area (Å²) < 4.78 is 9.79. The maximum Gasteiger partial charge on any atom is 0.298 e. The predicted molar refractivity (Wildman–Crippen MR) is 86.1 cm³/mol. The summed E-state index contributed by atoms with van der Waals surface area (Å²) in [6, 6.07) is 6.84. The average Bonchev–Trinajstić information content (AvgIpc) is 3.17. The minimum Gasteiger partial charge on any atom is -0.423 e. The second-order valence-corrected chi connectivity index (χ2v) is 6.24. The second kappa shape index (κ2) is 5.66. The zero-order valence-corrected chi connectivity index (χ0v) is 13.2. The van der Waals surface area contributed by atoms with Crippen molar-refractivity contribution in [2.24, 2.45) is 0 Å². The van der Waals surface area contributed by atoms with Crippen LogP contribution in [0.15, 0.2) is 28.0 Å². The van der Waals surface area contributed by atoms with Crippen molar-refractivity contribution in [3.05, 3.63) is 34.8 Å². The molecule has 3 heterocycles. The minimum absolute atomic E-state index is 0.732. The number of hydrogen-bond donors (Lipinski definition) is 0. The van der Waals surface area contributed by atoms with Crippen molar-refractivity contribution in [3.63, 3.8) is 0 Å². The number of rotatable bonds is 3. The number of piperazine rings is 1. The summed E-state index contributed by atoms with van der Waals surface area (Å²) in [7, 11) is 0. The molecular formula is C15H17N5OS. The molecule has 22 heavy (non-hydrogen) atoms. The molecule has 1 fully saturated rings. The van der Waals surface area contributed by atoms with Crippen molar-refractivity contribution in [3.8, 4) is 0 Å². The Morgan fingerprint density at radius 2 is 2.09 bits per heavy atom. The van der Waals surface area contributed by atoms with Crippen LogP contribution < -0.4 is 4.90 Å². The molecule has 6 nitrogen and oxygen atoms in total. The first-order valence-corrected chi connectivity index (χ1v) is 8.22. The molecule has 0 aliphatic carbocycles. The minimum atomic E-state index is 0.732. The summed E-state index contributed by atoms with van der Waals surface area (Å²) in [5, 5.41) is 6.12. The van der Waals surface area contributed by atoms with E-state index in [1.807, 2.05) is 11.4 Å². The molecule has 3 aromatic rings. The van der Waals surface area contributed by atoms with Crippen LogP contribution in [0.3, 0.4) is 0 Å². The Morgan fingerprint density at radius 1 is 1.23 bits per heavy atom. The van der Waals surface area contributed by atoms with Crippen molar-refractivity contribution in [2.75, 3.05) is 31.1 Å². The highest BCUT2D eigenvalue weighted by Gasteiger charge is 2.21. The van der Waals surface area contributed by atoms with Crippen molar-refractivity contribution >= 4 is 28.6 Å². The molecule has 0 amide bonds. The average molecular weight is 315 g/mol. The van der Waals surface area contributed by atoms with E-state index in [4.69, 9.17) is 4.42 Å². The quantitative estimate of drug-likeness (QED) is 0.739. The molecule has 0 spiro atoms. The molecule has 7 heteroatoms. The molecule has 1 saturated heterocycles. The van der Waals surface area contributed by atoms with Gasteiger partial charge in [0, 0.05) is 38.1 Å². The van der Waals surface area contributed by atoms with E-state index in [9.17, 15) is 0 Å². The van der Waals surface area contributed by atoms with E-state index in [0.717, 1.165) is 55.5 Å². The van der Waals surface area contributed by atoms with Crippen LogP contribution in [-0.2, 0) is 6.54 Å². The predicted octanol–water partition coefficient (Wildman–Crippen LogP) is 2.31. The molecule has 0 atom stereocenters. The standard InChI is InChI=1S/C15H17N5OS/c1-11-2-3-14-13(8-11)16-15(21-14)20-6-4-19(5-7-20)9-12-10-22-18-17-12/h2-3,8,10H,4-7,9H2,1H3. The molecule has 0 radical (unpaired) electrons. The summed E-state index contributed by atoms with van der Waals surface area (Å²) in [6.45, 7) is 6.74. The fraction of sp³-hybridized carbons (Fsp3) is 0.400. The van der Waals surface area contributed by atoms with Crippen molar-refractivity contribution in [2.45, 2.75) is 13.5 Å². The Hall–Kier alpha value is -1.99. The maximum atomic E-state index is 5.88. The summed E-state index contributed by atoms with van der Waals surface area (Å²) >= 11 is 1.41. The lowest BCUT2D eigenvalue weighted by atomic mass is 10.2. The molecule has 4 rings (SSSR count). The van der Waals surface area contributed by atoms with Gasteiger partial charge in [0.05, 0.1) is 5.69 Å². The van der Waals surface area contributed by atoms with Crippen LogP contribution in [0, 0.1) is 6.92 Å². The van der Waals surface area contributed by atoms with Crippen LogP contribution in [0.25, 0.3) is 11.1 Å². The van der Waals surface area contributed by atoms with Gasteiger partial charge in [-0.1, -0.05) is 10.6 Å². The topological polar surface area (TPSA) is 58.3 Å². The number of aromatic nitrogens is 3. The Bertz CT molecular complexity index is 761. The fourth-order valence-corrected chi connectivity index (χ4v) is 3.18. The number of benzene rings is 1. The SMILES string of the molecule is Cc1ccc2oc(N3CCN(Cc4csnn4)CC3)nc2c1. The third kappa shape index (κ3) is 2.69. The summed E-state index contributed by atoms with van der Waals surface area (Å²) in [6.07, 6.45) is 0. The molecule has 0 unspecified atom stereocenters. The lowest BCUT2D eigenvalue weighted by Gasteiger charge is -2.33. The van der Waals surface area contributed by atoms with Crippen LogP contribution in [0.4, 0.5) is 6.01 Å². The maximum absolute atomic E-state index is 5.88. The lowest BCUT2D eigenvalue weighted by Crippen LogP contribution is -2.46. The third-order valence-electron chi connectivity index (χ3n) is 3.97. The molecule has 0 N–H and O–H groups in total. The van der Waals surface area contributed by atoms with Gasteiger partial charge in [-0.2, -0.15) is 4.98 Å². The van der Waals surface area contributed by atoms with E-state index >= 15 is 0 Å². The monoisotopic (exact) mass is 315 g/mol. The Balaban J connectivity index is 1.43. The van der Waals surface area contributed by atoms with Gasteiger partial charge in [0.15, 0.2) is 5.58 Å². The number of oxazole rings is 1. The number of hydrogen-bond acceptors (Lipinski definition) is 7. The molecule has 1 aromatic carbocycles. The highest BCUT2D eigenvalue weighted by atomic mass is 32.1. The fourth-order valence-electron chi connectivity index (χ4n) is 2.74. The van der Waals surface area contributed by atoms with Gasteiger partial charge < -0.3 is 9.32 Å². The van der Waals surface area contributed by atoms with Crippen LogP contribution in [0.1, 0.15) is 11.3 Å². The molecule has 114 valence electrons. The zero-order valence-electron chi connectivity index (χ0n) is 12.4. The largest absolute Gasteiger partial charge is 0.423 e. The van der Waals surface area contributed by atoms with Gasteiger partial charge in [0.25, 0.3) is 6.01 Å². The van der Waals surface area contributed by atoms with Crippen LogP contribution >= 0.6 is 11.5 Å². The van der Waals surface area contributed by atoms with Gasteiger partial charge in [-0.25, -0.2) is 0 Å². The number of anilines is 1. The van der Waals surface area contributed by atoms with E-state index in [0.29, 0.717) is 0 Å². The highest BCUT2D eigenvalue weighted by Crippen LogP contribution is 2.23. The smallest absolute Gasteiger partial charge is 0.298 e. The van der Waals surface area contributed by atoms with Crippen LogP contribution in [-0.4, -0.2) is 45.6 Å². The first-order valence-electron chi connectivity index (χ1n) is 7.38. The van der Waals surface area contributed by atoms with Gasteiger partial charge in [-0.05, 0) is 36.2 Å². The van der Waals surface area contributed by atoms with Gasteiger partial charge in [-0.3, -0.25) is 4.90 Å². The van der Waals surface area contributed by atoms with Crippen molar-refractivity contribution in [1.29, 1.82) is 0 Å². The van der Waals surface area contributed by atoms with Crippen molar-refractivity contribution < 1.29 is 4.42 Å². The van der Waals surface area contributed by atoms with E-state index in [-0.39, 0.29) is 0 Å². The number of fused-ring (bicyclic) bond motifs is 1. The Labute approximate surface area is 132 Å². The van der Waals surface area contributed by atoms with Gasteiger partial charge in [0.1, 0.15) is 5.52 Å². The summed E-state index contributed by atoms with van der Waals surface area (Å²) in [5.74, 6) is 0. The molecular weight excluding hydrogens is 298 g/mol. The molecule has 0 bridgehead atoms. The van der Waals surface area contributed by atoms with Crippen molar-refractivity contribution in [1.82, 2.24) is 19.5 Å². The molecule has 2 aromatic heterocycles. The van der Waals surface area contributed by atoms with Crippen LogP contribution in [0.2, 0.25) is 0 Å². The van der Waals surface area contributed by atoms with E-state index in [2.05, 4.69) is 43.4 Å². The number of nitrogens with zero attached hydrogens (tertiary/aromatic N) is 5.